The quantitative estimate of drug-likeness (QED) is 0.0568. The predicted octanol–water partition coefficient (Wildman–Crippen LogP) is 2.21. The zero-order valence-corrected chi connectivity index (χ0v) is 25.4. The molecule has 0 aliphatic carbocycles. The number of pyridine rings is 1. The predicted molar refractivity (Wildman–Crippen MR) is 153 cm³/mol. The number of ether oxygens (including phenoxy) is 10. The van der Waals surface area contributed by atoms with Crippen molar-refractivity contribution in [1.82, 2.24) is 4.98 Å². The molecule has 12 heteroatoms. The Hall–Kier alpha value is -1.12. The van der Waals surface area contributed by atoms with Gasteiger partial charge in [-0.15, -0.1) is 6.42 Å². The molecule has 1 aromatic heterocycles. The maximum absolute atomic E-state index is 5.74. The number of hydrogen-bond acceptors (Lipinski definition) is 11. The lowest BCUT2D eigenvalue weighted by Gasteiger charge is -2.15. The topological polar surface area (TPSA) is 105 Å². The third-order valence-corrected chi connectivity index (χ3v) is 5.25. The summed E-state index contributed by atoms with van der Waals surface area (Å²) in [4.78, 5) is 4.21. The van der Waals surface area contributed by atoms with Crippen molar-refractivity contribution in [3.05, 3.63) is 21.5 Å². The highest BCUT2D eigenvalue weighted by Crippen LogP contribution is 2.15. The molecule has 39 heavy (non-hydrogen) atoms. The molecule has 0 unspecified atom stereocenters. The van der Waals surface area contributed by atoms with Gasteiger partial charge in [-0.1, -0.05) is 5.92 Å². The van der Waals surface area contributed by atoms with Crippen molar-refractivity contribution in [3.8, 4) is 18.1 Å². The molecule has 0 saturated carbocycles. The number of terminal acetylenes is 1. The summed E-state index contributed by atoms with van der Waals surface area (Å²) >= 11 is 2.11. The Morgan fingerprint density at radius 1 is 0.692 bits per heavy atom. The van der Waals surface area contributed by atoms with Gasteiger partial charge in [0.15, 0.2) is 0 Å². The van der Waals surface area contributed by atoms with E-state index in [1.807, 2.05) is 13.0 Å². The smallest absolute Gasteiger partial charge is 0.124 e. The molecule has 1 rings (SSSR count). The summed E-state index contributed by atoms with van der Waals surface area (Å²) in [6.07, 6.45) is 5.32. The summed E-state index contributed by atoms with van der Waals surface area (Å²) < 4.78 is 55.1. The molecule has 0 saturated heterocycles. The van der Waals surface area contributed by atoms with Gasteiger partial charge < -0.3 is 47.4 Å². The van der Waals surface area contributed by atoms with Gasteiger partial charge >= 0.3 is 0 Å². The number of nitrogens with zero attached hydrogens (tertiary/aromatic N) is 1. The van der Waals surface area contributed by atoms with E-state index in [0.717, 1.165) is 3.70 Å². The van der Waals surface area contributed by atoms with Gasteiger partial charge in [-0.05, 0) is 29.5 Å². The molecule has 0 aliphatic rings. The molecule has 1 aromatic rings. The molecule has 1 heterocycles. The Labute approximate surface area is 246 Å². The first-order valence-corrected chi connectivity index (χ1v) is 14.1. The van der Waals surface area contributed by atoms with Crippen LogP contribution in [0, 0.1) is 16.0 Å². The van der Waals surface area contributed by atoms with Gasteiger partial charge in [0.1, 0.15) is 21.8 Å². The summed E-state index contributed by atoms with van der Waals surface area (Å²) in [5, 5.41) is 0. The largest absolute Gasteiger partial charge is 0.491 e. The van der Waals surface area contributed by atoms with Crippen LogP contribution in [0.4, 0.5) is 0 Å². The van der Waals surface area contributed by atoms with Crippen molar-refractivity contribution in [2.45, 2.75) is 13.0 Å². The lowest BCUT2D eigenvalue weighted by molar-refractivity contribution is -0.0309. The van der Waals surface area contributed by atoms with Crippen LogP contribution in [-0.4, -0.2) is 131 Å². The fourth-order valence-electron chi connectivity index (χ4n) is 2.76. The Morgan fingerprint density at radius 2 is 1.10 bits per heavy atom. The van der Waals surface area contributed by atoms with Crippen LogP contribution in [0.2, 0.25) is 0 Å². The zero-order valence-electron chi connectivity index (χ0n) is 23.2. The van der Waals surface area contributed by atoms with Crippen molar-refractivity contribution in [3.63, 3.8) is 0 Å². The Balaban J connectivity index is 1.75. The average molecular weight is 670 g/mol. The van der Waals surface area contributed by atoms with Gasteiger partial charge in [0, 0.05) is 19.2 Å². The second-order valence-electron chi connectivity index (χ2n) is 7.93. The summed E-state index contributed by atoms with van der Waals surface area (Å²) in [5.74, 6) is 3.20. The maximum atomic E-state index is 5.74. The first kappa shape index (κ1) is 35.9. The van der Waals surface area contributed by atoms with Crippen molar-refractivity contribution in [1.29, 1.82) is 0 Å². The van der Waals surface area contributed by atoms with Crippen LogP contribution in [0.25, 0.3) is 0 Å². The molecule has 0 N–H and O–H groups in total. The lowest BCUT2D eigenvalue weighted by atomic mass is 10.3. The van der Waals surface area contributed by atoms with Crippen LogP contribution < -0.4 is 4.74 Å². The van der Waals surface area contributed by atoms with Crippen LogP contribution in [0.15, 0.2) is 12.1 Å². The molecule has 0 bridgehead atoms. The maximum Gasteiger partial charge on any atom is 0.124 e. The van der Waals surface area contributed by atoms with Gasteiger partial charge in [-0.3, -0.25) is 0 Å². The second-order valence-corrected chi connectivity index (χ2v) is 9.03. The van der Waals surface area contributed by atoms with Crippen molar-refractivity contribution < 1.29 is 47.4 Å². The second kappa shape index (κ2) is 27.1. The van der Waals surface area contributed by atoms with Gasteiger partial charge in [-0.25, -0.2) is 4.98 Å². The fourth-order valence-corrected chi connectivity index (χ4v) is 3.33. The molecular formula is C27H44INO10. The van der Waals surface area contributed by atoms with E-state index in [-0.39, 0.29) is 6.10 Å². The molecular weight excluding hydrogens is 625 g/mol. The van der Waals surface area contributed by atoms with Gasteiger partial charge in [0.2, 0.25) is 0 Å². The molecule has 0 fully saturated rings. The van der Waals surface area contributed by atoms with E-state index in [9.17, 15) is 0 Å². The van der Waals surface area contributed by atoms with E-state index >= 15 is 0 Å². The first-order chi connectivity index (χ1) is 19.2. The average Bonchev–Trinajstić information content (AvgIpc) is 2.94. The van der Waals surface area contributed by atoms with E-state index in [4.69, 9.17) is 53.8 Å². The van der Waals surface area contributed by atoms with E-state index in [1.165, 1.54) is 0 Å². The molecule has 224 valence electrons. The third-order valence-electron chi connectivity index (χ3n) is 4.69. The minimum absolute atomic E-state index is 0.0827. The van der Waals surface area contributed by atoms with E-state index in [0.29, 0.717) is 124 Å². The number of halogens is 1. The normalized spacial score (nSPS) is 11.9. The minimum Gasteiger partial charge on any atom is -0.491 e. The summed E-state index contributed by atoms with van der Waals surface area (Å²) in [7, 11) is 1.64. The number of methoxy groups -OCH3 is 1. The van der Waals surface area contributed by atoms with Gasteiger partial charge in [0.25, 0.3) is 0 Å². The van der Waals surface area contributed by atoms with Gasteiger partial charge in [-0.2, -0.15) is 0 Å². The molecule has 0 aliphatic heterocycles. The highest BCUT2D eigenvalue weighted by Gasteiger charge is 2.06. The molecule has 0 amide bonds. The fraction of sp³-hybridized carbons (Fsp3) is 0.741. The van der Waals surface area contributed by atoms with Crippen LogP contribution >= 0.6 is 22.6 Å². The summed E-state index contributed by atoms with van der Waals surface area (Å²) in [6, 6.07) is 3.57. The van der Waals surface area contributed by atoms with Crippen LogP contribution in [-0.2, 0) is 42.6 Å². The molecule has 0 aromatic carbocycles. The standard InChI is InChI=1S/C27H44INO10/c1-4-25-21-26(22-27(28)29-25)39-23-24(2)38-20-19-37-18-17-36-16-15-35-14-13-34-12-11-33-10-9-32-8-7-31-6-5-30-3/h1,21-22,24H,5-20,23H2,2-3H3/t24-/m0/s1. The van der Waals surface area contributed by atoms with E-state index < -0.39 is 0 Å². The molecule has 0 spiro atoms. The lowest BCUT2D eigenvalue weighted by Crippen LogP contribution is -2.21. The minimum atomic E-state index is -0.0827. The van der Waals surface area contributed by atoms with Crippen molar-refractivity contribution in [2.24, 2.45) is 0 Å². The third kappa shape index (κ3) is 23.3. The zero-order chi connectivity index (χ0) is 28.2. The van der Waals surface area contributed by atoms with Crippen molar-refractivity contribution >= 4 is 22.6 Å². The monoisotopic (exact) mass is 669 g/mol. The summed E-state index contributed by atoms with van der Waals surface area (Å²) in [5.41, 5.74) is 0.550. The van der Waals surface area contributed by atoms with Crippen LogP contribution in [0.5, 0.6) is 5.75 Å². The Kier molecular flexibility index (Phi) is 24.9. The Bertz CT molecular complexity index is 737. The number of rotatable bonds is 28. The van der Waals surface area contributed by atoms with Gasteiger partial charge in [0.05, 0.1) is 112 Å². The number of aromatic nitrogens is 1. The van der Waals surface area contributed by atoms with E-state index in [2.05, 4.69) is 33.5 Å². The van der Waals surface area contributed by atoms with E-state index in [1.54, 1.807) is 13.2 Å². The highest BCUT2D eigenvalue weighted by atomic mass is 127. The first-order valence-electron chi connectivity index (χ1n) is 13.1. The van der Waals surface area contributed by atoms with Crippen LogP contribution in [0.1, 0.15) is 12.6 Å². The molecule has 1 atom stereocenters. The molecule has 0 radical (unpaired) electrons. The highest BCUT2D eigenvalue weighted by molar-refractivity contribution is 14.1. The SMILES string of the molecule is C#Cc1cc(OC[C@H](C)OCCOCCOCCOCCOCCOCCOCCOCCOC)cc(I)n1. The summed E-state index contributed by atoms with van der Waals surface area (Å²) in [6.45, 7) is 10.7. The Morgan fingerprint density at radius 3 is 1.51 bits per heavy atom. The molecule has 11 nitrogen and oxygen atoms in total. The van der Waals surface area contributed by atoms with Crippen LogP contribution in [0.3, 0.4) is 0 Å². The number of hydrogen-bond donors (Lipinski definition) is 0. The van der Waals surface area contributed by atoms with Crippen molar-refractivity contribution in [2.75, 3.05) is 119 Å².